The van der Waals surface area contributed by atoms with E-state index in [2.05, 4.69) is 13.0 Å². The Bertz CT molecular complexity index is 486. The summed E-state index contributed by atoms with van der Waals surface area (Å²) in [5, 5.41) is 10.3. The van der Waals surface area contributed by atoms with E-state index in [9.17, 15) is 5.11 Å². The molecule has 0 aliphatic heterocycles. The summed E-state index contributed by atoms with van der Waals surface area (Å²) >= 11 is 0. The van der Waals surface area contributed by atoms with Crippen LogP contribution >= 0.6 is 0 Å². The molecule has 1 aromatic carbocycles. The molecule has 104 valence electrons. The Kier molecular flexibility index (Phi) is 4.18. The second-order valence-corrected chi connectivity index (χ2v) is 5.87. The molecule has 0 spiro atoms. The van der Waals surface area contributed by atoms with Crippen molar-refractivity contribution < 1.29 is 9.84 Å². The first kappa shape index (κ1) is 14.0. The molecule has 1 aromatic rings. The highest BCUT2D eigenvalue weighted by atomic mass is 16.5. The molecule has 2 nitrogen and oxygen atoms in total. The van der Waals surface area contributed by atoms with Gasteiger partial charge in [-0.2, -0.15) is 0 Å². The normalized spacial score (nSPS) is 19.4. The third-order valence-electron chi connectivity index (χ3n) is 3.57. The van der Waals surface area contributed by atoms with Gasteiger partial charge in [0.2, 0.25) is 0 Å². The zero-order valence-corrected chi connectivity index (χ0v) is 12.4. The van der Waals surface area contributed by atoms with Crippen LogP contribution in [0.3, 0.4) is 0 Å². The number of aromatic hydroxyl groups is 1. The predicted octanol–water partition coefficient (Wildman–Crippen LogP) is 4.70. The minimum absolute atomic E-state index is 0.119. The fourth-order valence-electron chi connectivity index (χ4n) is 2.81. The molecule has 0 heterocycles. The highest BCUT2D eigenvalue weighted by Gasteiger charge is 2.22. The highest BCUT2D eigenvalue weighted by Crippen LogP contribution is 2.42. The second kappa shape index (κ2) is 5.68. The molecule has 0 aromatic heterocycles. The van der Waals surface area contributed by atoms with Crippen LogP contribution in [0.5, 0.6) is 11.5 Å². The first-order chi connectivity index (χ1) is 8.97. The van der Waals surface area contributed by atoms with E-state index in [0.29, 0.717) is 5.75 Å². The van der Waals surface area contributed by atoms with Crippen LogP contribution in [-0.2, 0) is 0 Å². The van der Waals surface area contributed by atoms with Crippen LogP contribution in [0.15, 0.2) is 23.8 Å². The number of phenols is 1. The third-order valence-corrected chi connectivity index (χ3v) is 3.57. The minimum Gasteiger partial charge on any atom is -0.507 e. The van der Waals surface area contributed by atoms with Crippen molar-refractivity contribution in [3.63, 3.8) is 0 Å². The van der Waals surface area contributed by atoms with E-state index in [-0.39, 0.29) is 12.0 Å². The Balaban J connectivity index is 2.45. The van der Waals surface area contributed by atoms with Gasteiger partial charge in [0.15, 0.2) is 0 Å². The molecule has 1 aliphatic carbocycles. The van der Waals surface area contributed by atoms with E-state index in [0.717, 1.165) is 23.3 Å². The van der Waals surface area contributed by atoms with Gasteiger partial charge in [0.25, 0.3) is 0 Å². The lowest BCUT2D eigenvalue weighted by atomic mass is 9.85. The largest absolute Gasteiger partial charge is 0.507 e. The van der Waals surface area contributed by atoms with Crippen molar-refractivity contribution in [2.45, 2.75) is 59.0 Å². The van der Waals surface area contributed by atoms with E-state index in [4.69, 9.17) is 4.74 Å². The van der Waals surface area contributed by atoms with Crippen LogP contribution in [0.1, 0.15) is 57.1 Å². The molecule has 2 heteroatoms. The maximum atomic E-state index is 10.3. The average molecular weight is 260 g/mol. The van der Waals surface area contributed by atoms with Crippen molar-refractivity contribution in [3.8, 4) is 11.5 Å². The van der Waals surface area contributed by atoms with Gasteiger partial charge in [-0.25, -0.2) is 0 Å². The molecule has 0 saturated carbocycles. The number of benzene rings is 1. The number of aryl methyl sites for hydroxylation is 1. The molecule has 0 fully saturated rings. The van der Waals surface area contributed by atoms with Gasteiger partial charge in [-0.3, -0.25) is 0 Å². The number of rotatable bonds is 3. The van der Waals surface area contributed by atoms with Crippen molar-refractivity contribution in [1.82, 2.24) is 0 Å². The molecular formula is C17H24O2. The van der Waals surface area contributed by atoms with Gasteiger partial charge in [0, 0.05) is 11.5 Å². The van der Waals surface area contributed by atoms with Crippen LogP contribution in [-0.4, -0.2) is 11.2 Å². The summed E-state index contributed by atoms with van der Waals surface area (Å²) in [6.07, 6.45) is 5.84. The summed E-state index contributed by atoms with van der Waals surface area (Å²) in [6, 6.07) is 3.87. The number of hydrogen-bond acceptors (Lipinski definition) is 2. The van der Waals surface area contributed by atoms with Crippen LogP contribution in [0, 0.1) is 6.92 Å². The number of ether oxygens (including phenoxy) is 1. The maximum absolute atomic E-state index is 10.3. The van der Waals surface area contributed by atoms with Crippen LogP contribution in [0.2, 0.25) is 0 Å². The van der Waals surface area contributed by atoms with Crippen LogP contribution in [0.25, 0.3) is 0 Å². The lowest BCUT2D eigenvalue weighted by Gasteiger charge is -2.24. The molecular weight excluding hydrogens is 236 g/mol. The second-order valence-electron chi connectivity index (χ2n) is 5.87. The molecule has 0 radical (unpaired) electrons. The average Bonchev–Trinajstić information content (AvgIpc) is 2.26. The van der Waals surface area contributed by atoms with Gasteiger partial charge in [-0.05, 0) is 64.7 Å². The molecule has 1 aliphatic rings. The lowest BCUT2D eigenvalue weighted by molar-refractivity contribution is 0.237. The molecule has 1 atom stereocenters. The van der Waals surface area contributed by atoms with Gasteiger partial charge in [0.05, 0.1) is 6.10 Å². The third kappa shape index (κ3) is 3.31. The smallest absolute Gasteiger partial charge is 0.127 e. The monoisotopic (exact) mass is 260 g/mol. The van der Waals surface area contributed by atoms with Gasteiger partial charge in [0.1, 0.15) is 11.5 Å². The Morgan fingerprint density at radius 1 is 1.26 bits per heavy atom. The molecule has 2 rings (SSSR count). The van der Waals surface area contributed by atoms with Gasteiger partial charge in [-0.1, -0.05) is 11.6 Å². The summed E-state index contributed by atoms with van der Waals surface area (Å²) in [5.41, 5.74) is 3.40. The Labute approximate surface area is 116 Å². The van der Waals surface area contributed by atoms with Crippen molar-refractivity contribution in [2.24, 2.45) is 0 Å². The summed E-state index contributed by atoms with van der Waals surface area (Å²) < 4.78 is 5.91. The van der Waals surface area contributed by atoms with Gasteiger partial charge in [-0.15, -0.1) is 0 Å². The van der Waals surface area contributed by atoms with Crippen molar-refractivity contribution in [1.29, 1.82) is 0 Å². The molecule has 0 bridgehead atoms. The number of allylic oxidation sites excluding steroid dienone is 2. The molecule has 0 saturated heterocycles. The van der Waals surface area contributed by atoms with Crippen molar-refractivity contribution >= 4 is 0 Å². The van der Waals surface area contributed by atoms with Gasteiger partial charge >= 0.3 is 0 Å². The molecule has 19 heavy (non-hydrogen) atoms. The predicted molar refractivity (Wildman–Crippen MR) is 79.0 cm³/mol. The first-order valence-corrected chi connectivity index (χ1v) is 7.15. The zero-order chi connectivity index (χ0) is 14.0. The van der Waals surface area contributed by atoms with Crippen molar-refractivity contribution in [3.05, 3.63) is 34.9 Å². The minimum atomic E-state index is 0.119. The topological polar surface area (TPSA) is 29.5 Å². The van der Waals surface area contributed by atoms with Gasteiger partial charge < -0.3 is 9.84 Å². The van der Waals surface area contributed by atoms with E-state index >= 15 is 0 Å². The summed E-state index contributed by atoms with van der Waals surface area (Å²) in [4.78, 5) is 0. The van der Waals surface area contributed by atoms with Crippen LogP contribution < -0.4 is 4.74 Å². The van der Waals surface area contributed by atoms with E-state index in [1.54, 1.807) is 0 Å². The van der Waals surface area contributed by atoms with E-state index < -0.39 is 0 Å². The van der Waals surface area contributed by atoms with Crippen LogP contribution in [0.4, 0.5) is 0 Å². The Morgan fingerprint density at radius 2 is 2.00 bits per heavy atom. The summed E-state index contributed by atoms with van der Waals surface area (Å²) in [5.74, 6) is 1.48. The molecule has 0 amide bonds. The zero-order valence-electron chi connectivity index (χ0n) is 12.4. The fourth-order valence-corrected chi connectivity index (χ4v) is 2.81. The Hall–Kier alpha value is -1.44. The SMILES string of the molecule is CC1=C[C@@H](c2c(O)cc(C)cc2OC(C)C)CCC1. The summed E-state index contributed by atoms with van der Waals surface area (Å²) in [6.45, 7) is 8.19. The van der Waals surface area contributed by atoms with Crippen molar-refractivity contribution in [2.75, 3.05) is 0 Å². The van der Waals surface area contributed by atoms with E-state index in [1.165, 1.54) is 18.4 Å². The molecule has 0 unspecified atom stereocenters. The lowest BCUT2D eigenvalue weighted by Crippen LogP contribution is -2.11. The highest BCUT2D eigenvalue weighted by molar-refractivity contribution is 5.51. The van der Waals surface area contributed by atoms with E-state index in [1.807, 2.05) is 32.9 Å². The number of hydrogen-bond donors (Lipinski definition) is 1. The quantitative estimate of drug-likeness (QED) is 0.798. The summed E-state index contributed by atoms with van der Waals surface area (Å²) in [7, 11) is 0. The maximum Gasteiger partial charge on any atom is 0.127 e. The fraction of sp³-hybridized carbons (Fsp3) is 0.529. The standard InChI is InChI=1S/C17H24O2/c1-11(2)19-16-10-13(4)9-15(18)17(16)14-7-5-6-12(3)8-14/h8-11,14,18H,5-7H2,1-4H3/t14-/m0/s1. The molecule has 1 N–H and O–H groups in total. The Morgan fingerprint density at radius 3 is 2.63 bits per heavy atom. The number of phenolic OH excluding ortho intramolecular Hbond substituents is 1. The first-order valence-electron chi connectivity index (χ1n) is 7.15.